The van der Waals surface area contributed by atoms with Gasteiger partial charge in [0.05, 0.1) is 12.7 Å². The Morgan fingerprint density at radius 1 is 1.75 bits per heavy atom. The molecule has 1 N–H and O–H groups in total. The first-order valence-electron chi connectivity index (χ1n) is 3.74. The molecule has 68 valence electrons. The first-order chi connectivity index (χ1) is 5.76. The molecule has 1 heterocycles. The average molecular weight is 235 g/mol. The van der Waals surface area contributed by atoms with E-state index in [4.69, 9.17) is 14.6 Å². The van der Waals surface area contributed by atoms with Crippen LogP contribution in [0.15, 0.2) is 23.9 Å². The normalized spacial score (nSPS) is 22.3. The van der Waals surface area contributed by atoms with Gasteiger partial charge in [-0.15, -0.1) is 0 Å². The van der Waals surface area contributed by atoms with Crippen molar-refractivity contribution in [3.63, 3.8) is 0 Å². The van der Waals surface area contributed by atoms with Crippen LogP contribution >= 0.6 is 15.9 Å². The highest BCUT2D eigenvalue weighted by Gasteiger charge is 2.14. The van der Waals surface area contributed by atoms with Crippen LogP contribution < -0.4 is 0 Å². The zero-order chi connectivity index (χ0) is 8.97. The lowest BCUT2D eigenvalue weighted by atomic mass is 10.3. The first-order valence-corrected chi connectivity index (χ1v) is 4.86. The number of aliphatic hydroxyl groups is 1. The Morgan fingerprint density at radius 3 is 3.08 bits per heavy atom. The summed E-state index contributed by atoms with van der Waals surface area (Å²) in [5, 5.41) is 9.75. The summed E-state index contributed by atoms with van der Waals surface area (Å²) in [5.41, 5.74) is 0. The Hall–Kier alpha value is -0.640. The number of allylic oxidation sites excluding steroid dienone is 1. The molecule has 0 fully saturated rings. The predicted octanol–water partition coefficient (Wildman–Crippen LogP) is 2.10. The molecule has 0 saturated heterocycles. The van der Waals surface area contributed by atoms with E-state index in [1.807, 2.05) is 13.0 Å². The second-order valence-electron chi connectivity index (χ2n) is 2.30. The van der Waals surface area contributed by atoms with Gasteiger partial charge in [-0.1, -0.05) is 15.9 Å². The average Bonchev–Trinajstić information content (AvgIpc) is 2.04. The van der Waals surface area contributed by atoms with Gasteiger partial charge in [0.1, 0.15) is 11.9 Å². The van der Waals surface area contributed by atoms with Crippen LogP contribution in [0.5, 0.6) is 0 Å². The van der Waals surface area contributed by atoms with Crippen LogP contribution in [-0.4, -0.2) is 23.1 Å². The summed E-state index contributed by atoms with van der Waals surface area (Å²) in [6, 6.07) is 0. The van der Waals surface area contributed by atoms with Crippen LogP contribution in [0.25, 0.3) is 0 Å². The molecule has 1 aliphatic rings. The smallest absolute Gasteiger partial charge is 0.281 e. The maximum absolute atomic E-state index is 9.10. The van der Waals surface area contributed by atoms with Gasteiger partial charge in [-0.2, -0.15) is 0 Å². The summed E-state index contributed by atoms with van der Waals surface area (Å²) in [4.78, 5) is 0. The van der Waals surface area contributed by atoms with E-state index in [2.05, 4.69) is 15.9 Å². The fourth-order valence-electron chi connectivity index (χ4n) is 0.909. The highest BCUT2D eigenvalue weighted by Crippen LogP contribution is 2.16. The highest BCUT2D eigenvalue weighted by molar-refractivity contribution is 9.09. The van der Waals surface area contributed by atoms with Gasteiger partial charge in [-0.05, 0) is 13.0 Å². The lowest BCUT2D eigenvalue weighted by Gasteiger charge is -2.18. The molecule has 0 aromatic heterocycles. The van der Waals surface area contributed by atoms with Gasteiger partial charge < -0.3 is 14.6 Å². The predicted molar refractivity (Wildman–Crippen MR) is 49.1 cm³/mol. The van der Waals surface area contributed by atoms with E-state index >= 15 is 0 Å². The van der Waals surface area contributed by atoms with Gasteiger partial charge in [-0.25, -0.2) is 0 Å². The molecule has 0 spiro atoms. The van der Waals surface area contributed by atoms with Crippen molar-refractivity contribution in [3.05, 3.63) is 23.9 Å². The fourth-order valence-corrected chi connectivity index (χ4v) is 1.23. The molecular weight excluding hydrogens is 224 g/mol. The van der Waals surface area contributed by atoms with Gasteiger partial charge in [0.25, 0.3) is 5.95 Å². The SMILES string of the molecule is CCOC1=CC(CBr)OC(O)=C1. The van der Waals surface area contributed by atoms with Gasteiger partial charge in [0.15, 0.2) is 0 Å². The van der Waals surface area contributed by atoms with Crippen molar-refractivity contribution in [1.29, 1.82) is 0 Å². The Morgan fingerprint density at radius 2 is 2.50 bits per heavy atom. The third kappa shape index (κ3) is 2.44. The number of alkyl halides is 1. The van der Waals surface area contributed by atoms with E-state index in [0.29, 0.717) is 17.7 Å². The number of aliphatic hydroxyl groups excluding tert-OH is 1. The molecule has 0 bridgehead atoms. The third-order valence-corrected chi connectivity index (χ3v) is 1.99. The van der Waals surface area contributed by atoms with Crippen LogP contribution in [0, 0.1) is 0 Å². The zero-order valence-corrected chi connectivity index (χ0v) is 8.37. The molecule has 0 aliphatic carbocycles. The van der Waals surface area contributed by atoms with E-state index in [1.54, 1.807) is 0 Å². The monoisotopic (exact) mass is 234 g/mol. The van der Waals surface area contributed by atoms with E-state index in [9.17, 15) is 0 Å². The number of hydrogen-bond acceptors (Lipinski definition) is 3. The molecule has 4 heteroatoms. The van der Waals surface area contributed by atoms with Crippen molar-refractivity contribution in [2.24, 2.45) is 0 Å². The Bertz CT molecular complexity index is 210. The minimum Gasteiger partial charge on any atom is -0.494 e. The van der Waals surface area contributed by atoms with E-state index in [1.165, 1.54) is 6.08 Å². The van der Waals surface area contributed by atoms with Crippen LogP contribution in [0.3, 0.4) is 0 Å². The molecule has 1 rings (SSSR count). The Kier molecular flexibility index (Phi) is 3.47. The van der Waals surface area contributed by atoms with Crippen molar-refractivity contribution in [2.45, 2.75) is 13.0 Å². The third-order valence-electron chi connectivity index (χ3n) is 1.35. The minimum atomic E-state index is -0.142. The second kappa shape index (κ2) is 4.40. The second-order valence-corrected chi connectivity index (χ2v) is 2.94. The molecule has 0 radical (unpaired) electrons. The molecule has 0 saturated carbocycles. The van der Waals surface area contributed by atoms with Crippen molar-refractivity contribution < 1.29 is 14.6 Å². The fraction of sp³-hybridized carbons (Fsp3) is 0.500. The first kappa shape index (κ1) is 9.45. The molecule has 1 aliphatic heterocycles. The summed E-state index contributed by atoms with van der Waals surface area (Å²) < 4.78 is 10.2. The molecule has 1 atom stereocenters. The number of hydrogen-bond donors (Lipinski definition) is 1. The zero-order valence-electron chi connectivity index (χ0n) is 6.79. The minimum absolute atomic E-state index is 0.0922. The van der Waals surface area contributed by atoms with Crippen LogP contribution in [0.4, 0.5) is 0 Å². The molecule has 12 heavy (non-hydrogen) atoms. The molecule has 3 nitrogen and oxygen atoms in total. The summed E-state index contributed by atoms with van der Waals surface area (Å²) in [6.07, 6.45) is 3.14. The standard InChI is InChI=1S/C8H11BrO3/c1-2-11-6-3-7(5-9)12-8(10)4-6/h3-4,7,10H,2,5H2,1H3. The van der Waals surface area contributed by atoms with Crippen molar-refractivity contribution >= 4 is 15.9 Å². The molecular formula is C8H11BrO3. The maximum Gasteiger partial charge on any atom is 0.281 e. The van der Waals surface area contributed by atoms with Gasteiger partial charge in [-0.3, -0.25) is 0 Å². The lowest BCUT2D eigenvalue weighted by Crippen LogP contribution is -2.16. The highest BCUT2D eigenvalue weighted by atomic mass is 79.9. The quantitative estimate of drug-likeness (QED) is 0.761. The lowest BCUT2D eigenvalue weighted by molar-refractivity contribution is 0.0568. The van der Waals surface area contributed by atoms with Crippen molar-refractivity contribution in [3.8, 4) is 0 Å². The summed E-state index contributed by atoms with van der Waals surface area (Å²) in [7, 11) is 0. The van der Waals surface area contributed by atoms with E-state index in [-0.39, 0.29) is 12.0 Å². The molecule has 0 aromatic carbocycles. The number of halogens is 1. The Labute approximate surface area is 79.8 Å². The van der Waals surface area contributed by atoms with Gasteiger partial charge >= 0.3 is 0 Å². The summed E-state index contributed by atoms with van der Waals surface area (Å²) >= 11 is 3.25. The molecule has 0 amide bonds. The van der Waals surface area contributed by atoms with E-state index < -0.39 is 0 Å². The van der Waals surface area contributed by atoms with Gasteiger partial charge in [0, 0.05) is 5.33 Å². The number of rotatable bonds is 3. The van der Waals surface area contributed by atoms with Crippen molar-refractivity contribution in [2.75, 3.05) is 11.9 Å². The van der Waals surface area contributed by atoms with Crippen LogP contribution in [0.2, 0.25) is 0 Å². The maximum atomic E-state index is 9.10. The molecule has 1 unspecified atom stereocenters. The Balaban J connectivity index is 2.63. The van der Waals surface area contributed by atoms with E-state index in [0.717, 1.165) is 0 Å². The number of ether oxygens (including phenoxy) is 2. The summed E-state index contributed by atoms with van der Waals surface area (Å²) in [6.45, 7) is 2.48. The van der Waals surface area contributed by atoms with Crippen LogP contribution in [-0.2, 0) is 9.47 Å². The van der Waals surface area contributed by atoms with Gasteiger partial charge in [0.2, 0.25) is 0 Å². The topological polar surface area (TPSA) is 38.7 Å². The molecule has 0 aromatic rings. The van der Waals surface area contributed by atoms with Crippen molar-refractivity contribution in [1.82, 2.24) is 0 Å². The largest absolute Gasteiger partial charge is 0.494 e. The summed E-state index contributed by atoms with van der Waals surface area (Å²) in [5.74, 6) is 0.566. The van der Waals surface area contributed by atoms with Crippen LogP contribution in [0.1, 0.15) is 6.92 Å².